The zero-order valence-electron chi connectivity index (χ0n) is 16.1. The highest BCUT2D eigenvalue weighted by Crippen LogP contribution is 2.29. The number of fused-ring (bicyclic) bond motifs is 1. The maximum absolute atomic E-state index is 12.6. The standard InChI is InChI=1S/C22H25N3O2S/c1-2-16-5-6-17(24-12-16)13-25-10-8-19-20(15-28-21(19)14-25)22(26)23-9-7-18-4-3-11-27-18/h3-6,11-12,15H,2,7-10,13-14H2,1H3,(H,23,26). The number of hydrogen-bond donors (Lipinski definition) is 1. The number of carbonyl (C=O) groups is 1. The molecule has 5 nitrogen and oxygen atoms in total. The number of thiophene rings is 1. The summed E-state index contributed by atoms with van der Waals surface area (Å²) in [6.45, 7) is 5.42. The number of amides is 1. The van der Waals surface area contributed by atoms with Gasteiger partial charge in [0.2, 0.25) is 0 Å². The molecule has 6 heteroatoms. The van der Waals surface area contributed by atoms with Crippen LogP contribution in [0.3, 0.4) is 0 Å². The Kier molecular flexibility index (Phi) is 5.88. The Balaban J connectivity index is 1.33. The van der Waals surface area contributed by atoms with E-state index in [1.165, 1.54) is 16.0 Å². The molecule has 146 valence electrons. The fourth-order valence-electron chi connectivity index (χ4n) is 3.54. The molecule has 0 unspecified atom stereocenters. The molecule has 0 saturated carbocycles. The SMILES string of the molecule is CCc1ccc(CN2CCc3c(C(=O)NCCc4ccco4)csc3C2)nc1. The van der Waals surface area contributed by atoms with Crippen molar-refractivity contribution in [3.8, 4) is 0 Å². The summed E-state index contributed by atoms with van der Waals surface area (Å²) >= 11 is 1.69. The number of hydrogen-bond acceptors (Lipinski definition) is 5. The lowest BCUT2D eigenvalue weighted by atomic mass is 10.0. The maximum atomic E-state index is 12.6. The van der Waals surface area contributed by atoms with E-state index in [4.69, 9.17) is 4.42 Å². The molecule has 1 aliphatic heterocycles. The van der Waals surface area contributed by atoms with Gasteiger partial charge in [-0.1, -0.05) is 13.0 Å². The van der Waals surface area contributed by atoms with Crippen molar-refractivity contribution in [2.24, 2.45) is 0 Å². The van der Waals surface area contributed by atoms with Gasteiger partial charge in [0.25, 0.3) is 5.91 Å². The quantitative estimate of drug-likeness (QED) is 0.661. The lowest BCUT2D eigenvalue weighted by Crippen LogP contribution is -2.31. The lowest BCUT2D eigenvalue weighted by molar-refractivity contribution is 0.0952. The number of aromatic nitrogens is 1. The van der Waals surface area contributed by atoms with Crippen molar-refractivity contribution in [2.45, 2.75) is 39.3 Å². The van der Waals surface area contributed by atoms with Crippen LogP contribution >= 0.6 is 11.3 Å². The Labute approximate surface area is 169 Å². The van der Waals surface area contributed by atoms with Gasteiger partial charge in [-0.25, -0.2) is 0 Å². The Hall–Kier alpha value is -2.44. The predicted molar refractivity (Wildman–Crippen MR) is 110 cm³/mol. The zero-order chi connectivity index (χ0) is 19.3. The van der Waals surface area contributed by atoms with Gasteiger partial charge >= 0.3 is 0 Å². The second kappa shape index (κ2) is 8.71. The van der Waals surface area contributed by atoms with E-state index in [-0.39, 0.29) is 5.91 Å². The molecule has 3 aromatic heterocycles. The molecule has 0 fully saturated rings. The van der Waals surface area contributed by atoms with Gasteiger partial charge in [-0.15, -0.1) is 11.3 Å². The average Bonchev–Trinajstić information content (AvgIpc) is 3.38. The maximum Gasteiger partial charge on any atom is 0.252 e. The number of carbonyl (C=O) groups excluding carboxylic acids is 1. The van der Waals surface area contributed by atoms with E-state index in [9.17, 15) is 4.79 Å². The second-order valence-corrected chi connectivity index (χ2v) is 8.07. The zero-order valence-corrected chi connectivity index (χ0v) is 16.9. The molecule has 0 atom stereocenters. The third-order valence-corrected chi connectivity index (χ3v) is 6.20. The minimum atomic E-state index is 0.0225. The molecule has 28 heavy (non-hydrogen) atoms. The summed E-state index contributed by atoms with van der Waals surface area (Å²) < 4.78 is 5.31. The number of furan rings is 1. The largest absolute Gasteiger partial charge is 0.469 e. The summed E-state index contributed by atoms with van der Waals surface area (Å²) in [5, 5.41) is 5.02. The Morgan fingerprint density at radius 3 is 3.04 bits per heavy atom. The summed E-state index contributed by atoms with van der Waals surface area (Å²) in [5.74, 6) is 0.915. The van der Waals surface area contributed by atoms with Crippen LogP contribution in [0.25, 0.3) is 0 Å². The third-order valence-electron chi connectivity index (χ3n) is 5.19. The van der Waals surface area contributed by atoms with Gasteiger partial charge in [0.15, 0.2) is 0 Å². The van der Waals surface area contributed by atoms with E-state index in [0.717, 1.165) is 49.5 Å². The number of pyridine rings is 1. The van der Waals surface area contributed by atoms with Crippen molar-refractivity contribution in [1.29, 1.82) is 0 Å². The van der Waals surface area contributed by atoms with Crippen LogP contribution < -0.4 is 5.32 Å². The molecule has 1 N–H and O–H groups in total. The van der Waals surface area contributed by atoms with Gasteiger partial charge in [0.1, 0.15) is 5.76 Å². The normalized spacial score (nSPS) is 14.0. The van der Waals surface area contributed by atoms with Crippen LogP contribution in [0.4, 0.5) is 0 Å². The average molecular weight is 396 g/mol. The molecule has 0 bridgehead atoms. The molecular formula is C22H25N3O2S. The van der Waals surface area contributed by atoms with Crippen LogP contribution in [0, 0.1) is 0 Å². The molecule has 0 aromatic carbocycles. The van der Waals surface area contributed by atoms with Crippen molar-refractivity contribution < 1.29 is 9.21 Å². The van der Waals surface area contributed by atoms with Crippen molar-refractivity contribution in [2.75, 3.05) is 13.1 Å². The van der Waals surface area contributed by atoms with Crippen LogP contribution in [0.15, 0.2) is 46.5 Å². The number of aryl methyl sites for hydroxylation is 1. The minimum Gasteiger partial charge on any atom is -0.469 e. The predicted octanol–water partition coefficient (Wildman–Crippen LogP) is 3.83. The van der Waals surface area contributed by atoms with Crippen molar-refractivity contribution in [3.05, 3.63) is 75.1 Å². The van der Waals surface area contributed by atoms with Gasteiger partial charge in [0, 0.05) is 49.1 Å². The number of rotatable bonds is 7. The molecule has 1 amide bonds. The van der Waals surface area contributed by atoms with Crippen LogP contribution in [0.2, 0.25) is 0 Å². The molecule has 3 aromatic rings. The monoisotopic (exact) mass is 395 g/mol. The molecule has 0 radical (unpaired) electrons. The van der Waals surface area contributed by atoms with Gasteiger partial charge in [-0.05, 0) is 42.2 Å². The third kappa shape index (κ3) is 4.34. The van der Waals surface area contributed by atoms with Crippen molar-refractivity contribution in [3.63, 3.8) is 0 Å². The summed E-state index contributed by atoms with van der Waals surface area (Å²) in [6, 6.07) is 8.08. The highest BCUT2D eigenvalue weighted by atomic mass is 32.1. The Bertz CT molecular complexity index is 916. The van der Waals surface area contributed by atoms with Gasteiger partial charge < -0.3 is 9.73 Å². The van der Waals surface area contributed by atoms with E-state index in [1.807, 2.05) is 23.7 Å². The summed E-state index contributed by atoms with van der Waals surface area (Å²) in [7, 11) is 0. The van der Waals surface area contributed by atoms with Gasteiger partial charge in [-0.3, -0.25) is 14.7 Å². The van der Waals surface area contributed by atoms with Crippen LogP contribution in [-0.2, 0) is 32.4 Å². The number of nitrogens with one attached hydrogen (secondary N) is 1. The van der Waals surface area contributed by atoms with Gasteiger partial charge in [0.05, 0.1) is 17.5 Å². The van der Waals surface area contributed by atoms with Crippen LogP contribution in [0.5, 0.6) is 0 Å². The van der Waals surface area contributed by atoms with Crippen LogP contribution in [-0.4, -0.2) is 28.9 Å². The van der Waals surface area contributed by atoms with E-state index < -0.39 is 0 Å². The highest BCUT2D eigenvalue weighted by molar-refractivity contribution is 7.10. The minimum absolute atomic E-state index is 0.0225. The molecule has 0 saturated heterocycles. The van der Waals surface area contributed by atoms with Crippen molar-refractivity contribution in [1.82, 2.24) is 15.2 Å². The van der Waals surface area contributed by atoms with E-state index in [1.54, 1.807) is 17.6 Å². The number of nitrogens with zero attached hydrogens (tertiary/aromatic N) is 2. The molecule has 0 aliphatic carbocycles. The molecule has 4 heterocycles. The first kappa shape index (κ1) is 18.9. The van der Waals surface area contributed by atoms with E-state index in [2.05, 4.69) is 34.3 Å². The summed E-state index contributed by atoms with van der Waals surface area (Å²) in [5.41, 5.74) is 4.43. The molecule has 1 aliphatic rings. The Morgan fingerprint density at radius 2 is 2.29 bits per heavy atom. The van der Waals surface area contributed by atoms with Crippen LogP contribution in [0.1, 0.15) is 44.7 Å². The molecule has 4 rings (SSSR count). The highest BCUT2D eigenvalue weighted by Gasteiger charge is 2.24. The summed E-state index contributed by atoms with van der Waals surface area (Å²) in [4.78, 5) is 20.9. The fourth-order valence-corrected chi connectivity index (χ4v) is 4.66. The topological polar surface area (TPSA) is 58.4 Å². The lowest BCUT2D eigenvalue weighted by Gasteiger charge is -2.27. The first-order valence-corrected chi connectivity index (χ1v) is 10.7. The van der Waals surface area contributed by atoms with Gasteiger partial charge in [-0.2, -0.15) is 0 Å². The first-order valence-electron chi connectivity index (χ1n) is 9.79. The van der Waals surface area contributed by atoms with E-state index in [0.29, 0.717) is 13.0 Å². The molecular weight excluding hydrogens is 370 g/mol. The summed E-state index contributed by atoms with van der Waals surface area (Å²) in [6.07, 6.45) is 6.27. The Morgan fingerprint density at radius 1 is 1.36 bits per heavy atom. The van der Waals surface area contributed by atoms with E-state index >= 15 is 0 Å². The fraction of sp³-hybridized carbons (Fsp3) is 0.364. The smallest absolute Gasteiger partial charge is 0.252 e. The first-order chi connectivity index (χ1) is 13.7. The van der Waals surface area contributed by atoms with Crippen molar-refractivity contribution >= 4 is 17.2 Å². The molecule has 0 spiro atoms. The second-order valence-electron chi connectivity index (χ2n) is 7.11.